The first-order valence-electron chi connectivity index (χ1n) is 45.5. The number of rotatable bonds is 52. The van der Waals surface area contributed by atoms with E-state index in [0.29, 0.717) is 67.5 Å². The van der Waals surface area contributed by atoms with Crippen molar-refractivity contribution in [2.75, 3.05) is 27.9 Å². The summed E-state index contributed by atoms with van der Waals surface area (Å²) < 4.78 is 70.6. The third-order valence-corrected chi connectivity index (χ3v) is 56.2. The number of Topliss-reactive ketones (excluding diaryl/α,β-unsaturated/α-hetero) is 2. The van der Waals surface area contributed by atoms with E-state index in [-0.39, 0.29) is 82.4 Å². The molecule has 0 aromatic heterocycles. The number of nitrogens with zero attached hydrogens (tertiary/aromatic N) is 1. The van der Waals surface area contributed by atoms with Gasteiger partial charge in [0.1, 0.15) is 18.2 Å². The van der Waals surface area contributed by atoms with E-state index in [1.54, 1.807) is 14.0 Å². The molecule has 14 nitrogen and oxygen atoms in total. The minimum atomic E-state index is -2.97. The Balaban J connectivity index is 1.98. The fourth-order valence-electron chi connectivity index (χ4n) is 20.9. The van der Waals surface area contributed by atoms with Crippen molar-refractivity contribution in [3.8, 4) is 0 Å². The van der Waals surface area contributed by atoms with Gasteiger partial charge in [0, 0.05) is 52.7 Å². The van der Waals surface area contributed by atoms with E-state index in [1.807, 2.05) is 18.3 Å². The van der Waals surface area contributed by atoms with Crippen LogP contribution in [0.4, 0.5) is 0 Å². The summed E-state index contributed by atoms with van der Waals surface area (Å²) in [6, 6.07) is 26.4. The molecular formula is C95H167I2NO13Si5. The summed E-state index contributed by atoms with van der Waals surface area (Å²) in [6.45, 7) is 64.1. The van der Waals surface area contributed by atoms with Gasteiger partial charge in [0.05, 0.1) is 36.6 Å². The Morgan fingerprint density at radius 1 is 0.560 bits per heavy atom. The number of likely N-dealkylation sites (tertiary alicyclic amines) is 1. The van der Waals surface area contributed by atoms with Gasteiger partial charge in [-0.25, -0.2) is 4.79 Å². The Kier molecular flexibility index (Phi) is 45.7. The van der Waals surface area contributed by atoms with Crippen molar-refractivity contribution in [2.24, 2.45) is 35.5 Å². The molecule has 1 saturated carbocycles. The first-order valence-corrected chi connectivity index (χ1v) is 59.2. The molecule has 0 radical (unpaired) electrons. The van der Waals surface area contributed by atoms with Gasteiger partial charge in [-0.1, -0.05) is 298 Å². The molecule has 2 aromatic rings. The Hall–Kier alpha value is -1.84. The lowest BCUT2D eigenvalue weighted by atomic mass is 9.78. The summed E-state index contributed by atoms with van der Waals surface area (Å²) in [5.74, 6) is -3.90. The Morgan fingerprint density at radius 2 is 1.07 bits per heavy atom. The Bertz CT molecular complexity index is 3220. The van der Waals surface area contributed by atoms with Crippen molar-refractivity contribution in [1.82, 2.24) is 4.90 Å². The van der Waals surface area contributed by atoms with E-state index < -0.39 is 101 Å². The SMILES string of the molecule is CC[Si](CC)(CC)O[C@@H]([C@H](OC)[C@H](O[Si](C(C)C)(C(C)C)C(C)C)/C(C)=C/[C@@H](C)[C@H](C[C@H](OC(=O)[C@@H]1CCCCN1C(=O)C(=O)C(=O)[C@H](C)CC[C@H](C[C@H](OC)/C(C)=C/I)O[Si](C(C)C)(C(C)C)C(C)C)[C@H](C)C[C@@H]1CC[C@@H](O[Si](c2ccccc2)(c2ccccc2)C(C)(C)C)[C@H](OC)C1)O[Si](CC)(CC)CC)[C@H](C)C[C@H](C)/C=C/I. The standard InChI is InChI=1S/C95H167I2NO13Si5/c1-32-112(33-2,34-3)108-86(73(21)59-76(24)91(111-115(68(13)14,69(15)16)70(17)18)92(105-31)90(75(23)58-71(19)55-56-96)110-113(35-4,36-5)37-6)63-85(74(22)60-78-52-54-83(87(61-78)104-30)109-116(95(26,27)28,80-46-40-38-41-47-80)81-48-42-39-43-49-81)106-94(102)82-50-44-45-57-98(82)93(101)89(100)88(99)72(20)51-53-79(62-84(103-29)77(25)64-97)107-114(65(7)8,66(9)10)67(11)12/h38-43,46-49,55-56,59,64-75,78-79,82-87,90-92H,32-37,44-45,50-54,57-58,60-63H2,1-31H3/b56-55+,76-59+,77-64+/t71-,72-,73-,74-,75-,78+,79-,82+,83-,84+,85+,86+,87-,90-,91-,92+/m1/s1. The number of amides is 1. The molecule has 4 rings (SSSR count). The fraction of sp³-hybridized carbons (Fsp3) is 0.768. The van der Waals surface area contributed by atoms with Gasteiger partial charge in [0.25, 0.3) is 20.0 Å². The van der Waals surface area contributed by atoms with Gasteiger partial charge in [-0.2, -0.15) is 0 Å². The smallest absolute Gasteiger partial charge is 0.329 e. The molecule has 2 fully saturated rings. The number of ketones is 2. The van der Waals surface area contributed by atoms with Crippen molar-refractivity contribution in [3.63, 3.8) is 0 Å². The summed E-state index contributed by atoms with van der Waals surface area (Å²) in [5.41, 5.74) is 4.00. The van der Waals surface area contributed by atoms with Crippen LogP contribution in [0.2, 0.25) is 74.5 Å². The summed E-state index contributed by atoms with van der Waals surface area (Å²) in [7, 11) is -7.34. The van der Waals surface area contributed by atoms with Crippen LogP contribution in [0, 0.1) is 35.5 Å². The van der Waals surface area contributed by atoms with Gasteiger partial charge in [-0.15, -0.1) is 0 Å². The summed E-state index contributed by atoms with van der Waals surface area (Å²) in [6.07, 6.45) is 9.00. The number of methoxy groups -OCH3 is 3. The number of carbonyl (C=O) groups excluding carboxylic acids is 4. The topological polar surface area (TPSA) is 155 Å². The van der Waals surface area contributed by atoms with Gasteiger partial charge >= 0.3 is 5.97 Å². The summed E-state index contributed by atoms with van der Waals surface area (Å²) in [4.78, 5) is 62.0. The van der Waals surface area contributed by atoms with Crippen LogP contribution in [-0.4, -0.2) is 159 Å². The molecule has 0 N–H and O–H groups in total. The zero-order valence-electron chi connectivity index (χ0n) is 78.7. The second-order valence-corrected chi connectivity index (χ2v) is 64.2. The van der Waals surface area contributed by atoms with Crippen LogP contribution in [0.25, 0.3) is 0 Å². The van der Waals surface area contributed by atoms with E-state index >= 15 is 9.59 Å². The average molecular weight is 1930 g/mol. The van der Waals surface area contributed by atoms with Crippen LogP contribution in [-0.2, 0) is 60.3 Å². The second-order valence-electron chi connectivity index (χ2n) is 38.3. The number of halogens is 2. The quantitative estimate of drug-likeness (QED) is 0.0154. The number of benzene rings is 2. The molecule has 1 amide bonds. The highest BCUT2D eigenvalue weighted by Crippen LogP contribution is 2.49. The van der Waals surface area contributed by atoms with Crippen LogP contribution in [0.5, 0.6) is 0 Å². The molecule has 116 heavy (non-hydrogen) atoms. The van der Waals surface area contributed by atoms with Crippen LogP contribution in [0.1, 0.15) is 271 Å². The lowest BCUT2D eigenvalue weighted by Crippen LogP contribution is -2.68. The van der Waals surface area contributed by atoms with Crippen molar-refractivity contribution in [3.05, 3.63) is 92.1 Å². The van der Waals surface area contributed by atoms with E-state index in [0.717, 1.165) is 79.5 Å². The molecule has 2 aliphatic rings. The minimum absolute atomic E-state index is 0.131. The molecule has 1 heterocycles. The van der Waals surface area contributed by atoms with E-state index in [4.69, 9.17) is 41.1 Å². The first-order chi connectivity index (χ1) is 54.6. The maximum Gasteiger partial charge on any atom is 0.329 e. The van der Waals surface area contributed by atoms with E-state index in [1.165, 1.54) is 15.3 Å². The highest BCUT2D eigenvalue weighted by atomic mass is 127. The molecule has 1 aliphatic carbocycles. The largest absolute Gasteiger partial charge is 0.460 e. The van der Waals surface area contributed by atoms with Crippen LogP contribution in [0.15, 0.2) is 92.1 Å². The Morgan fingerprint density at radius 3 is 1.53 bits per heavy atom. The lowest BCUT2D eigenvalue weighted by Gasteiger charge is -2.49. The van der Waals surface area contributed by atoms with E-state index in [9.17, 15) is 9.59 Å². The molecule has 0 bridgehead atoms. The fourth-order valence-corrected chi connectivity index (χ4v) is 43.8. The lowest BCUT2D eigenvalue weighted by molar-refractivity contribution is -0.167. The highest BCUT2D eigenvalue weighted by Gasteiger charge is 2.55. The molecule has 1 aliphatic heterocycles. The van der Waals surface area contributed by atoms with Crippen LogP contribution >= 0.6 is 45.2 Å². The summed E-state index contributed by atoms with van der Waals surface area (Å²) >= 11 is 4.61. The van der Waals surface area contributed by atoms with Gasteiger partial charge in [-0.3, -0.25) is 14.4 Å². The van der Waals surface area contributed by atoms with E-state index in [2.05, 4.69) is 309 Å². The number of allylic oxidation sites excluding steroid dienone is 1. The van der Waals surface area contributed by atoms with Gasteiger partial charge in [0.15, 0.2) is 16.6 Å². The minimum Gasteiger partial charge on any atom is -0.460 e. The van der Waals surface area contributed by atoms with Crippen molar-refractivity contribution >= 4 is 121 Å². The van der Waals surface area contributed by atoms with Gasteiger partial charge < -0.3 is 46.0 Å². The zero-order valence-corrected chi connectivity index (χ0v) is 88.0. The zero-order chi connectivity index (χ0) is 87.6. The molecule has 0 spiro atoms. The molecular weight excluding hydrogens is 1760 g/mol. The molecule has 1 saturated heterocycles. The van der Waals surface area contributed by atoms with Crippen molar-refractivity contribution in [1.29, 1.82) is 0 Å². The molecule has 0 unspecified atom stereocenters. The number of carbonyl (C=O) groups is 4. The molecule has 16 atom stereocenters. The first kappa shape index (κ1) is 107. The number of hydrogen-bond acceptors (Lipinski definition) is 13. The van der Waals surface area contributed by atoms with Crippen molar-refractivity contribution < 1.29 is 60.3 Å². The van der Waals surface area contributed by atoms with Crippen LogP contribution in [0.3, 0.4) is 0 Å². The molecule has 21 heteroatoms. The number of ether oxygens (including phenoxy) is 4. The predicted molar refractivity (Wildman–Crippen MR) is 516 cm³/mol. The highest BCUT2D eigenvalue weighted by molar-refractivity contribution is 14.1. The number of piperidine rings is 1. The maximum atomic E-state index is 16.0. The molecule has 664 valence electrons. The van der Waals surface area contributed by atoms with Crippen LogP contribution < -0.4 is 10.4 Å². The second kappa shape index (κ2) is 49.8. The average Bonchev–Trinajstić information content (AvgIpc) is 0.733. The normalized spacial score (nSPS) is 20.8. The maximum absolute atomic E-state index is 16.0. The van der Waals surface area contributed by atoms with Crippen molar-refractivity contribution in [2.45, 2.75) is 406 Å². The third kappa shape index (κ3) is 27.1. The number of hydrogen-bond donors (Lipinski definition) is 0. The van der Waals surface area contributed by atoms with Gasteiger partial charge in [-0.05, 0) is 212 Å². The summed E-state index contributed by atoms with van der Waals surface area (Å²) in [5, 5.41) is 2.23. The Labute approximate surface area is 741 Å². The third-order valence-electron chi connectivity index (χ3n) is 28.2. The van der Waals surface area contributed by atoms with Gasteiger partial charge in [0.2, 0.25) is 22.4 Å². The number of esters is 1. The predicted octanol–water partition coefficient (Wildman–Crippen LogP) is 24.9. The monoisotopic (exact) mass is 1920 g/mol. The molecule has 2 aromatic carbocycles.